The van der Waals surface area contributed by atoms with Crippen LogP contribution in [0.3, 0.4) is 0 Å². The zero-order valence-corrected chi connectivity index (χ0v) is 14.0. The summed E-state index contributed by atoms with van der Waals surface area (Å²) in [5.74, 6) is -2.61. The van der Waals surface area contributed by atoms with E-state index in [0.29, 0.717) is 12.1 Å². The number of rotatable bonds is 8. The summed E-state index contributed by atoms with van der Waals surface area (Å²) in [6.45, 7) is 2.11. The van der Waals surface area contributed by atoms with Gasteiger partial charge in [0.2, 0.25) is 5.91 Å². The van der Waals surface area contributed by atoms with E-state index < -0.39 is 23.1 Å². The molecule has 7 nitrogen and oxygen atoms in total. The van der Waals surface area contributed by atoms with E-state index in [1.54, 1.807) is 16.8 Å². The second-order valence-corrected chi connectivity index (χ2v) is 6.92. The van der Waals surface area contributed by atoms with Gasteiger partial charge in [0.05, 0.1) is 18.2 Å². The smallest absolute Gasteiger partial charge is 0.316 e. The van der Waals surface area contributed by atoms with Gasteiger partial charge in [0.25, 0.3) is 0 Å². The number of amides is 1. The number of carbonyl (C=O) groups excluding carboxylic acids is 2. The topological polar surface area (TPSA) is 131 Å². The minimum Gasteiger partial charge on any atom is -0.481 e. The molecule has 1 fully saturated rings. The van der Waals surface area contributed by atoms with Crippen LogP contribution in [-0.2, 0) is 14.4 Å². The molecule has 126 valence electrons. The molecule has 0 aliphatic carbocycles. The van der Waals surface area contributed by atoms with Gasteiger partial charge in [-0.05, 0) is 18.4 Å². The van der Waals surface area contributed by atoms with Crippen molar-refractivity contribution in [1.29, 1.82) is 0 Å². The molecule has 2 atom stereocenters. The molecule has 0 radical (unpaired) electrons. The Hall–Kier alpha value is -1.87. The van der Waals surface area contributed by atoms with E-state index in [2.05, 4.69) is 5.32 Å². The highest BCUT2D eigenvalue weighted by atomic mass is 32.2. The first kappa shape index (κ1) is 19.2. The molecule has 2 heterocycles. The number of hydrogen-bond donors (Lipinski definition) is 3. The van der Waals surface area contributed by atoms with Crippen molar-refractivity contribution in [3.63, 3.8) is 0 Å². The summed E-state index contributed by atoms with van der Waals surface area (Å²) in [6, 6.07) is 1.65. The number of carbonyl (C=O) groups is 4. The van der Waals surface area contributed by atoms with E-state index in [-0.39, 0.29) is 23.9 Å². The summed E-state index contributed by atoms with van der Waals surface area (Å²) in [5.41, 5.74) is 0.486. The highest BCUT2D eigenvalue weighted by Crippen LogP contribution is 2.22. The van der Waals surface area contributed by atoms with Crippen molar-refractivity contribution in [1.82, 2.24) is 5.32 Å². The fraction of sp³-hybridized carbons (Fsp3) is 0.429. The van der Waals surface area contributed by atoms with Gasteiger partial charge in [0.1, 0.15) is 0 Å². The molecule has 0 aromatic carbocycles. The highest BCUT2D eigenvalue weighted by molar-refractivity contribution is 8.00. The van der Waals surface area contributed by atoms with Gasteiger partial charge in [-0.25, -0.2) is 0 Å². The van der Waals surface area contributed by atoms with Crippen LogP contribution in [-0.4, -0.2) is 51.4 Å². The van der Waals surface area contributed by atoms with E-state index in [1.807, 2.05) is 0 Å². The lowest BCUT2D eigenvalue weighted by molar-refractivity contribution is -0.138. The van der Waals surface area contributed by atoms with Crippen molar-refractivity contribution in [2.75, 3.05) is 12.3 Å². The van der Waals surface area contributed by atoms with E-state index in [4.69, 9.17) is 10.2 Å². The quantitative estimate of drug-likeness (QED) is 0.471. The van der Waals surface area contributed by atoms with E-state index >= 15 is 0 Å². The van der Waals surface area contributed by atoms with Gasteiger partial charge >= 0.3 is 11.9 Å². The normalized spacial score (nSPS) is 14.7. The first-order valence-electron chi connectivity index (χ1n) is 6.70. The average molecular weight is 359 g/mol. The third-order valence-electron chi connectivity index (χ3n) is 2.81. The van der Waals surface area contributed by atoms with Gasteiger partial charge in [0.15, 0.2) is 5.78 Å². The molecule has 23 heavy (non-hydrogen) atoms. The molecule has 2 unspecified atom stereocenters. The highest BCUT2D eigenvalue weighted by Gasteiger charge is 2.25. The molecule has 1 amide bonds. The second kappa shape index (κ2) is 9.31. The van der Waals surface area contributed by atoms with Gasteiger partial charge in [0, 0.05) is 22.6 Å². The number of nitrogens with one attached hydrogen (secondary N) is 1. The Bertz CT molecular complexity index is 566. The Labute approximate surface area is 141 Å². The van der Waals surface area contributed by atoms with Crippen LogP contribution in [0, 0.1) is 5.92 Å². The second-order valence-electron chi connectivity index (χ2n) is 4.76. The molecular formula is C14H17NO6S2. The zero-order chi connectivity index (χ0) is 17.4. The molecule has 0 bridgehead atoms. The maximum atomic E-state index is 12.1. The maximum absolute atomic E-state index is 12.1. The summed E-state index contributed by atoms with van der Waals surface area (Å²) < 4.78 is 0. The maximum Gasteiger partial charge on any atom is 0.316 e. The summed E-state index contributed by atoms with van der Waals surface area (Å²) in [7, 11) is 0. The van der Waals surface area contributed by atoms with Crippen LogP contribution < -0.4 is 5.32 Å². The largest absolute Gasteiger partial charge is 0.481 e. The number of hydrogen-bond acceptors (Lipinski definition) is 6. The molecule has 1 aromatic rings. The van der Waals surface area contributed by atoms with Crippen LogP contribution in [0.15, 0.2) is 16.8 Å². The van der Waals surface area contributed by atoms with E-state index in [1.165, 1.54) is 18.3 Å². The zero-order valence-electron chi connectivity index (χ0n) is 12.4. The van der Waals surface area contributed by atoms with Crippen LogP contribution in [0.4, 0.5) is 0 Å². The first-order chi connectivity index (χ1) is 10.8. The monoisotopic (exact) mass is 359 g/mol. The van der Waals surface area contributed by atoms with E-state index in [0.717, 1.165) is 11.8 Å². The predicted octanol–water partition coefficient (Wildman–Crippen LogP) is 1.34. The lowest BCUT2D eigenvalue weighted by Crippen LogP contribution is -2.23. The fourth-order valence-electron chi connectivity index (χ4n) is 1.45. The number of carboxylic acids is 2. The minimum absolute atomic E-state index is 0.167. The molecule has 0 spiro atoms. The third-order valence-corrected chi connectivity index (χ3v) is 4.79. The van der Waals surface area contributed by atoms with Gasteiger partial charge < -0.3 is 15.5 Å². The lowest BCUT2D eigenvalue weighted by atomic mass is 9.98. The van der Waals surface area contributed by atoms with Crippen molar-refractivity contribution >= 4 is 46.7 Å². The predicted molar refractivity (Wildman–Crippen MR) is 87.0 cm³/mol. The van der Waals surface area contributed by atoms with Crippen LogP contribution in [0.1, 0.15) is 23.7 Å². The van der Waals surface area contributed by atoms with Crippen molar-refractivity contribution in [2.24, 2.45) is 5.92 Å². The van der Waals surface area contributed by atoms with Crippen LogP contribution in [0.2, 0.25) is 0 Å². The molecule has 2 rings (SSSR count). The number of aliphatic carboxylic acids is 2. The van der Waals surface area contributed by atoms with Crippen LogP contribution in [0.25, 0.3) is 0 Å². The summed E-state index contributed by atoms with van der Waals surface area (Å²) >= 11 is 2.44. The van der Waals surface area contributed by atoms with Crippen molar-refractivity contribution in [3.05, 3.63) is 22.4 Å². The average Bonchev–Trinajstić information content (AvgIpc) is 3.08. The summed E-state index contributed by atoms with van der Waals surface area (Å²) in [5, 5.41) is 22.8. The number of ketones is 1. The molecule has 0 saturated carbocycles. The Morgan fingerprint density at radius 1 is 1.39 bits per heavy atom. The van der Waals surface area contributed by atoms with Crippen LogP contribution >= 0.6 is 23.1 Å². The van der Waals surface area contributed by atoms with Crippen molar-refractivity contribution in [3.8, 4) is 0 Å². The standard InChI is InChI=1S/C12H14O5S2.C2H3NO/c1-7(12(16)17)19-6-9(4-10(13)14)11(15)8-2-3-18-5-8;4-2-1-3-2/h2-3,5,7,9H,4,6H2,1H3,(H,13,14)(H,16,17);1H2,(H,3,4). The van der Waals surface area contributed by atoms with Crippen molar-refractivity contribution in [2.45, 2.75) is 18.6 Å². The molecule has 1 saturated heterocycles. The lowest BCUT2D eigenvalue weighted by Gasteiger charge is -2.14. The third kappa shape index (κ3) is 7.80. The van der Waals surface area contributed by atoms with E-state index in [9.17, 15) is 19.2 Å². The number of thiophene rings is 1. The molecular weight excluding hydrogens is 342 g/mol. The Kier molecular flexibility index (Phi) is 7.76. The molecule has 1 aromatic heterocycles. The van der Waals surface area contributed by atoms with Gasteiger partial charge in [-0.2, -0.15) is 11.3 Å². The SMILES string of the molecule is CC(SCC(CC(=O)O)C(=O)c1ccsc1)C(=O)O.O=C1CN1. The van der Waals surface area contributed by atoms with Gasteiger partial charge in [-0.1, -0.05) is 0 Å². The molecule has 3 N–H and O–H groups in total. The molecule has 1 aliphatic rings. The summed E-state index contributed by atoms with van der Waals surface area (Å²) in [6.07, 6.45) is -0.284. The summed E-state index contributed by atoms with van der Waals surface area (Å²) in [4.78, 5) is 43.1. The van der Waals surface area contributed by atoms with Gasteiger partial charge in [-0.15, -0.1) is 11.8 Å². The Morgan fingerprint density at radius 3 is 2.39 bits per heavy atom. The van der Waals surface area contributed by atoms with Gasteiger partial charge in [-0.3, -0.25) is 19.2 Å². The Balaban J connectivity index is 0.000000570. The number of Topliss-reactive ketones (excluding diaryl/α,β-unsaturated/α-hetero) is 1. The molecule has 1 aliphatic heterocycles. The number of thioether (sulfide) groups is 1. The van der Waals surface area contributed by atoms with Crippen LogP contribution in [0.5, 0.6) is 0 Å². The van der Waals surface area contributed by atoms with Crippen molar-refractivity contribution < 1.29 is 29.4 Å². The number of carboxylic acid groups (broad SMARTS) is 2. The molecule has 9 heteroatoms. The Morgan fingerprint density at radius 2 is 2.00 bits per heavy atom. The first-order valence-corrected chi connectivity index (χ1v) is 8.69. The fourth-order valence-corrected chi connectivity index (χ4v) is 3.02. The minimum atomic E-state index is -1.06.